The predicted octanol–water partition coefficient (Wildman–Crippen LogP) is 6.38. The van der Waals surface area contributed by atoms with Crippen LogP contribution in [0.2, 0.25) is 5.02 Å². The molecule has 4 heterocycles. The van der Waals surface area contributed by atoms with E-state index in [1.807, 2.05) is 24.3 Å². The van der Waals surface area contributed by atoms with Crippen LogP contribution in [0.4, 0.5) is 0 Å². The molecule has 3 fully saturated rings. The molecule has 0 radical (unpaired) electrons. The van der Waals surface area contributed by atoms with Crippen LogP contribution in [0.5, 0.6) is 5.88 Å². The topological polar surface area (TPSA) is 151 Å². The first kappa shape index (κ1) is 37.2. The Hall–Kier alpha value is -4.40. The predicted molar refractivity (Wildman–Crippen MR) is 214 cm³/mol. The number of likely N-dealkylation sites (tertiary alicyclic amines) is 2. The van der Waals surface area contributed by atoms with Crippen molar-refractivity contribution in [3.8, 4) is 39.7 Å². The molecule has 2 aliphatic heterocycles. The van der Waals surface area contributed by atoms with Gasteiger partial charge >= 0.3 is 0 Å². The van der Waals surface area contributed by atoms with E-state index in [9.17, 15) is 18.3 Å². The maximum atomic E-state index is 12.9. The van der Waals surface area contributed by atoms with Gasteiger partial charge in [-0.1, -0.05) is 41.9 Å². The van der Waals surface area contributed by atoms with Crippen LogP contribution < -0.4 is 9.46 Å². The van der Waals surface area contributed by atoms with Crippen molar-refractivity contribution < 1.29 is 27.5 Å². The van der Waals surface area contributed by atoms with E-state index in [4.69, 9.17) is 35.7 Å². The number of amides is 1. The molecular formula is C42H45ClN6O6S. The van der Waals surface area contributed by atoms with Gasteiger partial charge in [0, 0.05) is 43.3 Å². The van der Waals surface area contributed by atoms with Gasteiger partial charge in [0.05, 0.1) is 41.3 Å². The molecular weight excluding hydrogens is 752 g/mol. The molecule has 2 N–H and O–H groups in total. The van der Waals surface area contributed by atoms with Gasteiger partial charge in [0.1, 0.15) is 11.2 Å². The van der Waals surface area contributed by atoms with E-state index in [1.165, 1.54) is 0 Å². The number of nitrogens with one attached hydrogen (secondary N) is 1. The Labute approximate surface area is 331 Å². The molecule has 0 spiro atoms. The lowest BCUT2D eigenvalue weighted by molar-refractivity contribution is -0.122. The number of oxazole rings is 1. The summed E-state index contributed by atoms with van der Waals surface area (Å²) in [4.78, 5) is 32.0. The van der Waals surface area contributed by atoms with Crippen LogP contribution in [-0.2, 0) is 27.8 Å². The largest absolute Gasteiger partial charge is 0.480 e. The van der Waals surface area contributed by atoms with Crippen LogP contribution >= 0.6 is 11.6 Å². The molecule has 2 aromatic heterocycles. The zero-order valence-electron chi connectivity index (χ0n) is 31.7. The van der Waals surface area contributed by atoms with E-state index < -0.39 is 21.2 Å². The summed E-state index contributed by atoms with van der Waals surface area (Å²) in [7, 11) is -1.97. The number of nitrogens with zero attached hydrogens (tertiary/aromatic N) is 5. The SMILES string of the molecule is COc1nc(-c2cccc(-c3cccc(-c4nc5cc6c(c(Cl)c5o4)CC[C@H]6N4CC[C@@H](C(=O)NS(=O)(=O)C5CC5)C4)c3C)c2C)cnc1CN1CC[C@@H](O)C1. The zero-order valence-corrected chi connectivity index (χ0v) is 33.3. The van der Waals surface area contributed by atoms with Gasteiger partial charge in [-0.05, 0) is 104 Å². The maximum absolute atomic E-state index is 12.9. The van der Waals surface area contributed by atoms with E-state index in [0.29, 0.717) is 73.3 Å². The molecule has 1 saturated carbocycles. The van der Waals surface area contributed by atoms with Crippen LogP contribution in [0.3, 0.4) is 0 Å². The van der Waals surface area contributed by atoms with Crippen molar-refractivity contribution in [2.45, 2.75) is 76.3 Å². The number of β-amino-alcohol motifs (C(OH)–C–C–N with tert-alkyl or cyclic N) is 1. The number of fused-ring (bicyclic) bond motifs is 2. The zero-order chi connectivity index (χ0) is 38.9. The molecule has 0 unspecified atom stereocenters. The summed E-state index contributed by atoms with van der Waals surface area (Å²) >= 11 is 7.07. The average Bonchev–Trinajstić information content (AvgIpc) is 3.46. The standard InChI is InChI=1S/C42H45ClN6O6S/c1-23-28(6-4-8-30(23)35-19-44-36(42(46-35)54-3)22-48-16-15-26(50)21-48)29-7-5-9-31(24(29)2)41-45-34-18-33-32(38(43)39(34)55-41)12-13-37(33)49-17-14-25(20-49)40(51)47-56(52,53)27-10-11-27/h4-9,18-19,25-27,37,50H,10-17,20-22H2,1-3H3,(H,47,51)/t25-,26-,37-/m1/s1. The van der Waals surface area contributed by atoms with Gasteiger partial charge in [-0.15, -0.1) is 0 Å². The first-order chi connectivity index (χ1) is 27.0. The van der Waals surface area contributed by atoms with Crippen molar-refractivity contribution in [2.75, 3.05) is 33.3 Å². The lowest BCUT2D eigenvalue weighted by atomic mass is 9.90. The van der Waals surface area contributed by atoms with Gasteiger partial charge in [-0.3, -0.25) is 24.3 Å². The van der Waals surface area contributed by atoms with Crippen LogP contribution in [0, 0.1) is 19.8 Å². The number of carbonyl (C=O) groups is 1. The summed E-state index contributed by atoms with van der Waals surface area (Å²) in [5.41, 5.74) is 10.8. The smallest absolute Gasteiger partial charge is 0.237 e. The van der Waals surface area contributed by atoms with E-state index in [-0.39, 0.29) is 18.1 Å². The Morgan fingerprint density at radius 1 is 0.982 bits per heavy atom. The Morgan fingerprint density at radius 2 is 1.71 bits per heavy atom. The second-order valence-corrected chi connectivity index (χ2v) is 18.1. The third kappa shape index (κ3) is 6.76. The van der Waals surface area contributed by atoms with Gasteiger partial charge in [0.15, 0.2) is 5.58 Å². The third-order valence-corrected chi connectivity index (χ3v) is 14.3. The van der Waals surface area contributed by atoms with Crippen LogP contribution in [-0.4, -0.2) is 88.8 Å². The lowest BCUT2D eigenvalue weighted by Gasteiger charge is -2.25. The summed E-state index contributed by atoms with van der Waals surface area (Å²) in [6, 6.07) is 14.4. The van der Waals surface area contributed by atoms with Gasteiger partial charge in [0.25, 0.3) is 0 Å². The highest BCUT2D eigenvalue weighted by Gasteiger charge is 2.41. The third-order valence-electron chi connectivity index (χ3n) is 12.1. The van der Waals surface area contributed by atoms with E-state index in [1.54, 1.807) is 13.3 Å². The summed E-state index contributed by atoms with van der Waals surface area (Å²) in [5, 5.41) is 10.1. The summed E-state index contributed by atoms with van der Waals surface area (Å²) in [6.45, 7) is 7.36. The Morgan fingerprint density at radius 3 is 2.43 bits per heavy atom. The number of ether oxygens (including phenoxy) is 1. The lowest BCUT2D eigenvalue weighted by Crippen LogP contribution is -2.38. The fourth-order valence-corrected chi connectivity index (χ4v) is 10.6. The molecule has 1 amide bonds. The Balaban J connectivity index is 0.975. The molecule has 14 heteroatoms. The number of hydrogen-bond acceptors (Lipinski definition) is 11. The number of sulfonamides is 1. The molecule has 12 nitrogen and oxygen atoms in total. The quantitative estimate of drug-likeness (QED) is 0.162. The molecule has 0 bridgehead atoms. The van der Waals surface area contributed by atoms with Crippen LogP contribution in [0.25, 0.3) is 44.9 Å². The fourth-order valence-electron chi connectivity index (χ4n) is 8.87. The number of aromatic nitrogens is 3. The van der Waals surface area contributed by atoms with Gasteiger partial charge in [-0.2, -0.15) is 0 Å². The van der Waals surface area contributed by atoms with E-state index in [0.717, 1.165) is 81.7 Å². The minimum absolute atomic E-state index is 0.0603. The number of aliphatic hydroxyl groups is 1. The number of benzene rings is 3. The number of hydrogen-bond donors (Lipinski definition) is 2. The average molecular weight is 797 g/mol. The highest BCUT2D eigenvalue weighted by atomic mass is 35.5. The molecule has 2 saturated heterocycles. The Kier molecular flexibility index (Phi) is 9.64. The molecule has 3 aromatic carbocycles. The number of aliphatic hydroxyl groups excluding tert-OH is 1. The molecule has 9 rings (SSSR count). The van der Waals surface area contributed by atoms with Crippen LogP contribution in [0.1, 0.15) is 66.1 Å². The minimum Gasteiger partial charge on any atom is -0.480 e. The number of carbonyl (C=O) groups excluding carboxylic acids is 1. The second-order valence-electron chi connectivity index (χ2n) is 15.7. The van der Waals surface area contributed by atoms with Crippen molar-refractivity contribution >= 4 is 38.6 Å². The van der Waals surface area contributed by atoms with Crippen LogP contribution in [0.15, 0.2) is 53.1 Å². The number of rotatable bonds is 10. The first-order valence-corrected chi connectivity index (χ1v) is 21.3. The Bertz CT molecular complexity index is 2490. The summed E-state index contributed by atoms with van der Waals surface area (Å²) < 4.78 is 39.3. The van der Waals surface area contributed by atoms with Crippen molar-refractivity contribution in [1.29, 1.82) is 0 Å². The van der Waals surface area contributed by atoms with E-state index >= 15 is 0 Å². The number of methoxy groups -OCH3 is 1. The highest BCUT2D eigenvalue weighted by Crippen LogP contribution is 2.46. The maximum Gasteiger partial charge on any atom is 0.237 e. The first-order valence-electron chi connectivity index (χ1n) is 19.4. The summed E-state index contributed by atoms with van der Waals surface area (Å²) in [6.07, 6.45) is 5.72. The number of halogens is 1. The minimum atomic E-state index is -3.58. The molecule has 2 aliphatic carbocycles. The summed E-state index contributed by atoms with van der Waals surface area (Å²) in [5.74, 6) is 0.197. The molecule has 292 valence electrons. The van der Waals surface area contributed by atoms with Crippen molar-refractivity contribution in [3.05, 3.63) is 81.6 Å². The second kappa shape index (κ2) is 14.5. The van der Waals surface area contributed by atoms with Crippen molar-refractivity contribution in [1.82, 2.24) is 29.5 Å². The fraction of sp³-hybridized carbons (Fsp3) is 0.429. The van der Waals surface area contributed by atoms with Gasteiger partial charge in [0.2, 0.25) is 27.7 Å². The monoisotopic (exact) mass is 796 g/mol. The molecule has 5 aromatic rings. The normalized spacial score (nSPS) is 21.6. The van der Waals surface area contributed by atoms with Gasteiger partial charge < -0.3 is 14.3 Å². The highest BCUT2D eigenvalue weighted by molar-refractivity contribution is 7.90. The molecule has 4 aliphatic rings. The van der Waals surface area contributed by atoms with Crippen molar-refractivity contribution in [3.63, 3.8) is 0 Å². The van der Waals surface area contributed by atoms with Crippen molar-refractivity contribution in [2.24, 2.45) is 5.92 Å². The molecule has 3 atom stereocenters. The van der Waals surface area contributed by atoms with E-state index in [2.05, 4.69) is 46.6 Å². The van der Waals surface area contributed by atoms with Gasteiger partial charge in [-0.25, -0.2) is 18.4 Å². The molecule has 56 heavy (non-hydrogen) atoms.